The van der Waals surface area contributed by atoms with Gasteiger partial charge in [0.25, 0.3) is 0 Å². The van der Waals surface area contributed by atoms with Crippen molar-refractivity contribution in [2.24, 2.45) is 16.3 Å². The van der Waals surface area contributed by atoms with Crippen LogP contribution in [0.2, 0.25) is 0 Å². The molecule has 1 aliphatic carbocycles. The largest absolute Gasteiger partial charge is 0.409 e. The molecule has 1 saturated carbocycles. The minimum absolute atomic E-state index is 0.275. The molecule has 1 aliphatic heterocycles. The van der Waals surface area contributed by atoms with Crippen LogP contribution in [0.1, 0.15) is 40.0 Å². The third-order valence-corrected chi connectivity index (χ3v) is 4.52. The molecule has 19 heavy (non-hydrogen) atoms. The molecule has 5 heteroatoms. The summed E-state index contributed by atoms with van der Waals surface area (Å²) in [6.45, 7) is 12.5. The minimum atomic E-state index is 0.275. The number of amidine groups is 1. The van der Waals surface area contributed by atoms with Crippen molar-refractivity contribution < 1.29 is 5.21 Å². The molecule has 0 aromatic carbocycles. The predicted octanol–water partition coefficient (Wildman–Crippen LogP) is 1.32. The fourth-order valence-electron chi connectivity index (χ4n) is 3.04. The Morgan fingerprint density at radius 1 is 1.21 bits per heavy atom. The Morgan fingerprint density at radius 3 is 2.21 bits per heavy atom. The van der Waals surface area contributed by atoms with E-state index in [1.807, 2.05) is 0 Å². The van der Waals surface area contributed by atoms with E-state index in [0.29, 0.717) is 11.3 Å². The van der Waals surface area contributed by atoms with Crippen LogP contribution in [-0.2, 0) is 0 Å². The second kappa shape index (κ2) is 5.29. The molecular formula is C14H28N4O. The first-order chi connectivity index (χ1) is 8.85. The smallest absolute Gasteiger partial charge is 0.139 e. The van der Waals surface area contributed by atoms with Gasteiger partial charge in [-0.25, -0.2) is 0 Å². The Balaban J connectivity index is 1.80. The summed E-state index contributed by atoms with van der Waals surface area (Å²) in [6.07, 6.45) is 3.16. The lowest BCUT2D eigenvalue weighted by Gasteiger charge is -2.43. The van der Waals surface area contributed by atoms with Gasteiger partial charge in [0.2, 0.25) is 0 Å². The van der Waals surface area contributed by atoms with Gasteiger partial charge in [0, 0.05) is 44.7 Å². The quantitative estimate of drug-likeness (QED) is 0.349. The van der Waals surface area contributed by atoms with Gasteiger partial charge in [-0.3, -0.25) is 4.90 Å². The van der Waals surface area contributed by atoms with Gasteiger partial charge in [-0.15, -0.1) is 0 Å². The van der Waals surface area contributed by atoms with Gasteiger partial charge in [0.05, 0.1) is 0 Å². The molecule has 1 heterocycles. The lowest BCUT2D eigenvalue weighted by molar-refractivity contribution is 0.0535. The fraction of sp³-hybridized carbons (Fsp3) is 0.929. The molecule has 2 rings (SSSR count). The van der Waals surface area contributed by atoms with Crippen molar-refractivity contribution in [3.8, 4) is 0 Å². The maximum Gasteiger partial charge on any atom is 0.139 e. The number of hydrogen-bond acceptors (Lipinski definition) is 4. The first kappa shape index (κ1) is 14.6. The van der Waals surface area contributed by atoms with Crippen LogP contribution >= 0.6 is 0 Å². The van der Waals surface area contributed by atoms with Crippen LogP contribution in [0.15, 0.2) is 5.16 Å². The van der Waals surface area contributed by atoms with E-state index >= 15 is 0 Å². The average Bonchev–Trinajstić information content (AvgIpc) is 3.08. The standard InChI is InChI=1S/C14H28N4O/c1-13(2,3)18-8-6-17(7-9-18)11-14(4-5-14)10-12(15)16-19/h19H,4-11H2,1-3H3,(H2,15,16). The maximum atomic E-state index is 8.70. The molecule has 0 amide bonds. The van der Waals surface area contributed by atoms with Gasteiger partial charge < -0.3 is 15.8 Å². The van der Waals surface area contributed by atoms with Gasteiger partial charge in [-0.1, -0.05) is 5.16 Å². The Labute approximate surface area is 116 Å². The molecule has 0 unspecified atom stereocenters. The van der Waals surface area contributed by atoms with E-state index in [0.717, 1.165) is 39.1 Å². The number of oxime groups is 1. The third kappa shape index (κ3) is 3.83. The number of nitrogens with zero attached hydrogens (tertiary/aromatic N) is 3. The summed E-state index contributed by atoms with van der Waals surface area (Å²) in [6, 6.07) is 0. The summed E-state index contributed by atoms with van der Waals surface area (Å²) in [7, 11) is 0. The molecule has 1 saturated heterocycles. The van der Waals surface area contributed by atoms with E-state index in [4.69, 9.17) is 10.9 Å². The molecule has 3 N–H and O–H groups in total. The summed E-state index contributed by atoms with van der Waals surface area (Å²) in [5.74, 6) is 0.380. The zero-order valence-corrected chi connectivity index (χ0v) is 12.5. The summed E-state index contributed by atoms with van der Waals surface area (Å²) >= 11 is 0. The fourth-order valence-corrected chi connectivity index (χ4v) is 3.04. The normalized spacial score (nSPS) is 25.5. The molecular weight excluding hydrogens is 240 g/mol. The van der Waals surface area contributed by atoms with Crippen LogP contribution in [0.25, 0.3) is 0 Å². The zero-order chi connectivity index (χ0) is 14.1. The maximum absolute atomic E-state index is 8.70. The third-order valence-electron chi connectivity index (χ3n) is 4.52. The van der Waals surface area contributed by atoms with Crippen molar-refractivity contribution in [1.82, 2.24) is 9.80 Å². The molecule has 0 spiro atoms. The van der Waals surface area contributed by atoms with Crippen LogP contribution in [0.5, 0.6) is 0 Å². The number of piperazine rings is 1. The Kier molecular flexibility index (Phi) is 4.06. The minimum Gasteiger partial charge on any atom is -0.409 e. The van der Waals surface area contributed by atoms with E-state index in [1.54, 1.807) is 0 Å². The summed E-state index contributed by atoms with van der Waals surface area (Å²) < 4.78 is 0. The highest BCUT2D eigenvalue weighted by Crippen LogP contribution is 2.49. The summed E-state index contributed by atoms with van der Waals surface area (Å²) in [5.41, 5.74) is 6.22. The van der Waals surface area contributed by atoms with E-state index < -0.39 is 0 Å². The molecule has 0 bridgehead atoms. The van der Waals surface area contributed by atoms with Crippen LogP contribution in [0.3, 0.4) is 0 Å². The molecule has 0 aromatic heterocycles. The Hall–Kier alpha value is -0.810. The van der Waals surface area contributed by atoms with Crippen molar-refractivity contribution >= 4 is 5.84 Å². The van der Waals surface area contributed by atoms with E-state index in [1.165, 1.54) is 12.8 Å². The van der Waals surface area contributed by atoms with Crippen molar-refractivity contribution in [2.75, 3.05) is 32.7 Å². The highest BCUT2D eigenvalue weighted by atomic mass is 16.4. The van der Waals surface area contributed by atoms with Gasteiger partial charge in [-0.2, -0.15) is 0 Å². The predicted molar refractivity (Wildman–Crippen MR) is 77.5 cm³/mol. The SMILES string of the molecule is CC(C)(C)N1CCN(CC2(CC(N)=NO)CC2)CC1. The number of nitrogens with two attached hydrogens (primary N) is 1. The van der Waals surface area contributed by atoms with Crippen molar-refractivity contribution in [2.45, 2.75) is 45.6 Å². The highest BCUT2D eigenvalue weighted by Gasteiger charge is 2.45. The summed E-state index contributed by atoms with van der Waals surface area (Å²) in [5, 5.41) is 11.8. The van der Waals surface area contributed by atoms with E-state index in [-0.39, 0.29) is 5.54 Å². The van der Waals surface area contributed by atoms with Gasteiger partial charge in [0.1, 0.15) is 5.84 Å². The Morgan fingerprint density at radius 2 is 1.79 bits per heavy atom. The molecule has 0 radical (unpaired) electrons. The molecule has 0 aromatic rings. The highest BCUT2D eigenvalue weighted by molar-refractivity contribution is 5.80. The molecule has 0 atom stereocenters. The second-order valence-corrected chi connectivity index (χ2v) is 7.20. The van der Waals surface area contributed by atoms with Crippen LogP contribution < -0.4 is 5.73 Å². The van der Waals surface area contributed by atoms with E-state index in [9.17, 15) is 0 Å². The van der Waals surface area contributed by atoms with E-state index in [2.05, 4.69) is 35.7 Å². The molecule has 2 fully saturated rings. The molecule has 2 aliphatic rings. The van der Waals surface area contributed by atoms with Crippen LogP contribution in [-0.4, -0.2) is 59.1 Å². The second-order valence-electron chi connectivity index (χ2n) is 7.20. The molecule has 5 nitrogen and oxygen atoms in total. The topological polar surface area (TPSA) is 65.1 Å². The zero-order valence-electron chi connectivity index (χ0n) is 12.5. The van der Waals surface area contributed by atoms with Crippen molar-refractivity contribution in [3.63, 3.8) is 0 Å². The van der Waals surface area contributed by atoms with Gasteiger partial charge >= 0.3 is 0 Å². The van der Waals surface area contributed by atoms with Gasteiger partial charge in [-0.05, 0) is 39.0 Å². The summed E-state index contributed by atoms with van der Waals surface area (Å²) in [4.78, 5) is 5.09. The lowest BCUT2D eigenvalue weighted by atomic mass is 10.00. The van der Waals surface area contributed by atoms with Gasteiger partial charge in [0.15, 0.2) is 0 Å². The first-order valence-corrected chi connectivity index (χ1v) is 7.28. The monoisotopic (exact) mass is 268 g/mol. The Bertz CT molecular complexity index is 336. The van der Waals surface area contributed by atoms with Crippen LogP contribution in [0, 0.1) is 5.41 Å². The number of hydrogen-bond donors (Lipinski definition) is 2. The number of rotatable bonds is 4. The molecule has 110 valence electrons. The van der Waals surface area contributed by atoms with Crippen molar-refractivity contribution in [3.05, 3.63) is 0 Å². The lowest BCUT2D eigenvalue weighted by Crippen LogP contribution is -2.54. The van der Waals surface area contributed by atoms with Crippen molar-refractivity contribution in [1.29, 1.82) is 0 Å². The van der Waals surface area contributed by atoms with Crippen LogP contribution in [0.4, 0.5) is 0 Å². The first-order valence-electron chi connectivity index (χ1n) is 7.28. The average molecular weight is 268 g/mol.